The average molecular weight is 270 g/mol. The highest BCUT2D eigenvalue weighted by Crippen LogP contribution is 2.30. The first kappa shape index (κ1) is 13.2. The smallest absolute Gasteiger partial charge is 0.0537 e. The lowest BCUT2D eigenvalue weighted by Crippen LogP contribution is -2.33. The number of hydrogen-bond acceptors (Lipinski definition) is 3. The Labute approximate surface area is 120 Å². The van der Waals surface area contributed by atoms with Crippen molar-refractivity contribution in [2.45, 2.75) is 39.4 Å². The van der Waals surface area contributed by atoms with Crippen molar-refractivity contribution in [1.82, 2.24) is 14.7 Å². The van der Waals surface area contributed by atoms with Crippen molar-refractivity contribution in [2.24, 2.45) is 0 Å². The summed E-state index contributed by atoms with van der Waals surface area (Å²) in [5.41, 5.74) is 11.0. The molecule has 1 aromatic carbocycles. The van der Waals surface area contributed by atoms with Gasteiger partial charge in [-0.2, -0.15) is 5.10 Å². The van der Waals surface area contributed by atoms with Gasteiger partial charge in [0.25, 0.3) is 0 Å². The predicted octanol–water partition coefficient (Wildman–Crippen LogP) is 2.60. The highest BCUT2D eigenvalue weighted by atomic mass is 15.3. The van der Waals surface area contributed by atoms with Gasteiger partial charge in [-0.25, -0.2) is 0 Å². The number of nitrogens with zero attached hydrogens (tertiary/aromatic N) is 3. The fraction of sp³-hybridized carbons (Fsp3) is 0.438. The van der Waals surface area contributed by atoms with Crippen LogP contribution in [0.25, 0.3) is 0 Å². The van der Waals surface area contributed by atoms with E-state index in [4.69, 9.17) is 5.73 Å². The molecule has 4 nitrogen and oxygen atoms in total. The molecular weight excluding hydrogens is 248 g/mol. The van der Waals surface area contributed by atoms with Gasteiger partial charge in [0.05, 0.1) is 6.20 Å². The first-order valence-corrected chi connectivity index (χ1v) is 7.31. The molecule has 3 rings (SSSR count). The van der Waals surface area contributed by atoms with E-state index >= 15 is 0 Å². The van der Waals surface area contributed by atoms with Crippen LogP contribution in [0.5, 0.6) is 0 Å². The number of fused-ring (bicyclic) bond motifs is 1. The second kappa shape index (κ2) is 5.29. The molecule has 0 radical (unpaired) electrons. The Morgan fingerprint density at radius 1 is 1.40 bits per heavy atom. The maximum Gasteiger partial charge on any atom is 0.0537 e. The highest BCUT2D eigenvalue weighted by molar-refractivity contribution is 5.51. The van der Waals surface area contributed by atoms with Gasteiger partial charge in [-0.05, 0) is 37.5 Å². The Kier molecular flexibility index (Phi) is 3.49. The van der Waals surface area contributed by atoms with Gasteiger partial charge >= 0.3 is 0 Å². The van der Waals surface area contributed by atoms with Gasteiger partial charge in [0.2, 0.25) is 0 Å². The van der Waals surface area contributed by atoms with Crippen molar-refractivity contribution in [3.63, 3.8) is 0 Å². The Morgan fingerprint density at radius 3 is 3.00 bits per heavy atom. The quantitative estimate of drug-likeness (QED) is 0.872. The number of nitrogen functional groups attached to an aromatic ring is 1. The highest BCUT2D eigenvalue weighted by Gasteiger charge is 2.23. The number of aromatic nitrogens is 2. The van der Waals surface area contributed by atoms with Gasteiger partial charge in [-0.15, -0.1) is 0 Å². The SMILES string of the molecule is CCn1cc(C(C)N2CCc3cccc(N)c3C2)cn1. The maximum atomic E-state index is 6.12. The molecule has 0 amide bonds. The summed E-state index contributed by atoms with van der Waals surface area (Å²) in [4.78, 5) is 2.48. The first-order chi connectivity index (χ1) is 9.69. The van der Waals surface area contributed by atoms with Crippen LogP contribution in [0, 0.1) is 0 Å². The van der Waals surface area contributed by atoms with Gasteiger partial charge in [0.1, 0.15) is 0 Å². The van der Waals surface area contributed by atoms with Crippen molar-refractivity contribution in [1.29, 1.82) is 0 Å². The Balaban J connectivity index is 1.81. The molecule has 1 aliphatic rings. The zero-order valence-corrected chi connectivity index (χ0v) is 12.2. The molecule has 0 fully saturated rings. The number of rotatable bonds is 3. The van der Waals surface area contributed by atoms with Gasteiger partial charge in [-0.3, -0.25) is 9.58 Å². The monoisotopic (exact) mass is 270 g/mol. The molecule has 20 heavy (non-hydrogen) atoms. The lowest BCUT2D eigenvalue weighted by atomic mass is 9.96. The molecule has 106 valence electrons. The third-order valence-electron chi connectivity index (χ3n) is 4.35. The van der Waals surface area contributed by atoms with E-state index in [0.717, 1.165) is 31.7 Å². The van der Waals surface area contributed by atoms with E-state index in [1.54, 1.807) is 0 Å². The van der Waals surface area contributed by atoms with E-state index in [2.05, 4.69) is 42.2 Å². The zero-order chi connectivity index (χ0) is 14.1. The molecule has 4 heteroatoms. The number of hydrogen-bond donors (Lipinski definition) is 1. The molecule has 0 aliphatic carbocycles. The average Bonchev–Trinajstić information content (AvgIpc) is 2.95. The Morgan fingerprint density at radius 2 is 2.25 bits per heavy atom. The van der Waals surface area contributed by atoms with Gasteiger partial charge in [-0.1, -0.05) is 12.1 Å². The molecular formula is C16H22N4. The van der Waals surface area contributed by atoms with Gasteiger partial charge in [0.15, 0.2) is 0 Å². The largest absolute Gasteiger partial charge is 0.398 e. The minimum atomic E-state index is 0.378. The Bertz CT molecular complexity index is 602. The van der Waals surface area contributed by atoms with E-state index in [9.17, 15) is 0 Å². The Hall–Kier alpha value is -1.81. The van der Waals surface area contributed by atoms with Crippen LogP contribution in [-0.4, -0.2) is 21.2 Å². The molecule has 1 unspecified atom stereocenters. The third kappa shape index (κ3) is 2.31. The summed E-state index contributed by atoms with van der Waals surface area (Å²) in [5, 5.41) is 4.38. The van der Waals surface area contributed by atoms with Crippen molar-refractivity contribution < 1.29 is 0 Å². The molecule has 1 atom stereocenters. The van der Waals surface area contributed by atoms with Crippen LogP contribution >= 0.6 is 0 Å². The van der Waals surface area contributed by atoms with Crippen LogP contribution in [0.15, 0.2) is 30.6 Å². The maximum absolute atomic E-state index is 6.12. The predicted molar refractivity (Wildman–Crippen MR) is 81.3 cm³/mol. The fourth-order valence-electron chi connectivity index (χ4n) is 2.94. The summed E-state index contributed by atoms with van der Waals surface area (Å²) >= 11 is 0. The van der Waals surface area contributed by atoms with E-state index in [-0.39, 0.29) is 0 Å². The third-order valence-corrected chi connectivity index (χ3v) is 4.35. The molecule has 1 aliphatic heterocycles. The minimum Gasteiger partial charge on any atom is -0.398 e. The molecule has 2 N–H and O–H groups in total. The number of benzene rings is 1. The normalized spacial score (nSPS) is 16.9. The molecule has 2 heterocycles. The van der Waals surface area contributed by atoms with Crippen LogP contribution in [0.1, 0.15) is 36.6 Å². The van der Waals surface area contributed by atoms with Gasteiger partial charge in [0, 0.05) is 43.1 Å². The van der Waals surface area contributed by atoms with Crippen LogP contribution < -0.4 is 5.73 Å². The van der Waals surface area contributed by atoms with Crippen LogP contribution in [0.3, 0.4) is 0 Å². The lowest BCUT2D eigenvalue weighted by molar-refractivity contribution is 0.192. The van der Waals surface area contributed by atoms with Crippen molar-refractivity contribution in [3.8, 4) is 0 Å². The molecule has 1 aromatic heterocycles. The second-order valence-corrected chi connectivity index (χ2v) is 5.51. The molecule has 0 saturated carbocycles. The summed E-state index contributed by atoms with van der Waals surface area (Å²) in [5.74, 6) is 0. The molecule has 0 bridgehead atoms. The van der Waals surface area contributed by atoms with E-state index in [1.165, 1.54) is 16.7 Å². The van der Waals surface area contributed by atoms with E-state index in [1.807, 2.05) is 16.9 Å². The number of nitrogens with two attached hydrogens (primary N) is 1. The van der Waals surface area contributed by atoms with Gasteiger partial charge < -0.3 is 5.73 Å². The lowest BCUT2D eigenvalue weighted by Gasteiger charge is -2.33. The van der Waals surface area contributed by atoms with Crippen LogP contribution in [0.4, 0.5) is 5.69 Å². The summed E-state index contributed by atoms with van der Waals surface area (Å²) < 4.78 is 1.98. The summed E-state index contributed by atoms with van der Waals surface area (Å²) in [6.07, 6.45) is 5.21. The fourth-order valence-corrected chi connectivity index (χ4v) is 2.94. The number of aryl methyl sites for hydroxylation is 1. The van der Waals surface area contributed by atoms with Crippen LogP contribution in [-0.2, 0) is 19.5 Å². The van der Waals surface area contributed by atoms with Crippen molar-refractivity contribution in [2.75, 3.05) is 12.3 Å². The minimum absolute atomic E-state index is 0.378. The first-order valence-electron chi connectivity index (χ1n) is 7.31. The zero-order valence-electron chi connectivity index (χ0n) is 12.2. The topological polar surface area (TPSA) is 47.1 Å². The summed E-state index contributed by atoms with van der Waals surface area (Å²) in [7, 11) is 0. The van der Waals surface area contributed by atoms with Crippen LogP contribution in [0.2, 0.25) is 0 Å². The molecule has 0 spiro atoms. The molecule has 2 aromatic rings. The standard InChI is InChI=1S/C16H22N4/c1-3-20-10-14(9-18-20)12(2)19-8-7-13-5-4-6-16(17)15(13)11-19/h4-6,9-10,12H,3,7-8,11,17H2,1-2H3. The van der Waals surface area contributed by atoms with E-state index in [0.29, 0.717) is 6.04 Å². The van der Waals surface area contributed by atoms with Crippen molar-refractivity contribution >= 4 is 5.69 Å². The summed E-state index contributed by atoms with van der Waals surface area (Å²) in [6, 6.07) is 6.63. The molecule has 0 saturated heterocycles. The van der Waals surface area contributed by atoms with Crippen molar-refractivity contribution in [3.05, 3.63) is 47.3 Å². The second-order valence-electron chi connectivity index (χ2n) is 5.51. The van der Waals surface area contributed by atoms with E-state index < -0.39 is 0 Å². The summed E-state index contributed by atoms with van der Waals surface area (Å²) in [6.45, 7) is 7.29. The number of anilines is 1.